The summed E-state index contributed by atoms with van der Waals surface area (Å²) in [7, 11) is 0. The monoisotopic (exact) mass is 306 g/mol. The summed E-state index contributed by atoms with van der Waals surface area (Å²) in [5, 5.41) is 9.21. The summed E-state index contributed by atoms with van der Waals surface area (Å²) in [4.78, 5) is 29.2. The lowest BCUT2D eigenvalue weighted by molar-refractivity contribution is -0.147. The third-order valence-electron chi connectivity index (χ3n) is 4.00. The Balaban J connectivity index is 1.75. The van der Waals surface area contributed by atoms with Crippen molar-refractivity contribution in [1.29, 1.82) is 0 Å². The standard InChI is InChI=1S/C15H18N2O5/c18-14(17-6-7-21-9-12(17)15(19)20)10-4-5-16-13(8-10)22-11-2-1-3-11/h4-5,8,11-12H,1-3,6-7,9H2,(H,19,20). The van der Waals surface area contributed by atoms with Gasteiger partial charge >= 0.3 is 5.97 Å². The van der Waals surface area contributed by atoms with Gasteiger partial charge in [0.15, 0.2) is 6.04 Å². The lowest BCUT2D eigenvalue weighted by atomic mass is 9.96. The van der Waals surface area contributed by atoms with Gasteiger partial charge in [-0.15, -0.1) is 0 Å². The second kappa shape index (κ2) is 6.31. The van der Waals surface area contributed by atoms with Crippen molar-refractivity contribution in [2.24, 2.45) is 0 Å². The van der Waals surface area contributed by atoms with Crippen LogP contribution < -0.4 is 4.74 Å². The molecule has 1 aromatic rings. The van der Waals surface area contributed by atoms with Crippen LogP contribution in [0.15, 0.2) is 18.3 Å². The molecule has 2 aliphatic rings. The van der Waals surface area contributed by atoms with E-state index in [0.29, 0.717) is 18.1 Å². The van der Waals surface area contributed by atoms with Gasteiger partial charge in [-0.05, 0) is 25.3 Å². The minimum atomic E-state index is -1.06. The van der Waals surface area contributed by atoms with Crippen molar-refractivity contribution < 1.29 is 24.2 Å². The molecular formula is C15H18N2O5. The van der Waals surface area contributed by atoms with E-state index in [-0.39, 0.29) is 25.2 Å². The second-order valence-electron chi connectivity index (χ2n) is 5.48. The first-order valence-corrected chi connectivity index (χ1v) is 7.39. The van der Waals surface area contributed by atoms with Crippen molar-refractivity contribution in [3.63, 3.8) is 0 Å². The first-order chi connectivity index (χ1) is 10.6. The number of aromatic nitrogens is 1. The van der Waals surface area contributed by atoms with E-state index in [0.717, 1.165) is 19.3 Å². The molecule has 7 heteroatoms. The average molecular weight is 306 g/mol. The molecule has 22 heavy (non-hydrogen) atoms. The highest BCUT2D eigenvalue weighted by atomic mass is 16.5. The third kappa shape index (κ3) is 3.04. The average Bonchev–Trinajstić information content (AvgIpc) is 2.50. The number of rotatable bonds is 4. The van der Waals surface area contributed by atoms with Crippen LogP contribution >= 0.6 is 0 Å². The van der Waals surface area contributed by atoms with Gasteiger partial charge in [0.2, 0.25) is 5.88 Å². The van der Waals surface area contributed by atoms with Crippen LogP contribution in [0.3, 0.4) is 0 Å². The fourth-order valence-electron chi connectivity index (χ4n) is 2.48. The summed E-state index contributed by atoms with van der Waals surface area (Å²) in [5.74, 6) is -0.986. The summed E-state index contributed by atoms with van der Waals surface area (Å²) in [6, 6.07) is 2.20. The smallest absolute Gasteiger partial charge is 0.328 e. The summed E-state index contributed by atoms with van der Waals surface area (Å²) in [6.07, 6.45) is 4.84. The van der Waals surface area contributed by atoms with Crippen molar-refractivity contribution in [2.45, 2.75) is 31.4 Å². The Morgan fingerprint density at radius 2 is 2.23 bits per heavy atom. The largest absolute Gasteiger partial charge is 0.480 e. The molecule has 1 aliphatic heterocycles. The maximum atomic E-state index is 12.6. The molecule has 0 radical (unpaired) electrons. The van der Waals surface area contributed by atoms with E-state index in [1.165, 1.54) is 11.1 Å². The van der Waals surface area contributed by atoms with Gasteiger partial charge < -0.3 is 19.5 Å². The van der Waals surface area contributed by atoms with E-state index in [2.05, 4.69) is 4.98 Å². The maximum Gasteiger partial charge on any atom is 0.328 e. The number of pyridine rings is 1. The maximum absolute atomic E-state index is 12.6. The number of carbonyl (C=O) groups excluding carboxylic acids is 1. The van der Waals surface area contributed by atoms with Crippen LogP contribution in [0.25, 0.3) is 0 Å². The van der Waals surface area contributed by atoms with Gasteiger partial charge in [-0.1, -0.05) is 0 Å². The minimum absolute atomic E-state index is 0.0115. The molecule has 0 bridgehead atoms. The van der Waals surface area contributed by atoms with Gasteiger partial charge in [0, 0.05) is 24.4 Å². The number of ether oxygens (including phenoxy) is 2. The molecule has 0 aromatic carbocycles. The van der Waals surface area contributed by atoms with Gasteiger partial charge in [-0.25, -0.2) is 9.78 Å². The van der Waals surface area contributed by atoms with Crippen molar-refractivity contribution >= 4 is 11.9 Å². The third-order valence-corrected chi connectivity index (χ3v) is 4.00. The Bertz CT molecular complexity index is 573. The van der Waals surface area contributed by atoms with Gasteiger partial charge in [0.25, 0.3) is 5.91 Å². The Kier molecular flexibility index (Phi) is 4.24. The predicted molar refractivity (Wildman–Crippen MR) is 75.8 cm³/mol. The van der Waals surface area contributed by atoms with E-state index >= 15 is 0 Å². The van der Waals surface area contributed by atoms with Crippen LogP contribution in [0.2, 0.25) is 0 Å². The van der Waals surface area contributed by atoms with Gasteiger partial charge in [0.1, 0.15) is 6.10 Å². The Hall–Kier alpha value is -2.15. The van der Waals surface area contributed by atoms with Crippen molar-refractivity contribution in [3.05, 3.63) is 23.9 Å². The van der Waals surface area contributed by atoms with Crippen LogP contribution in [0.4, 0.5) is 0 Å². The first kappa shape index (κ1) is 14.8. The highest BCUT2D eigenvalue weighted by Crippen LogP contribution is 2.24. The van der Waals surface area contributed by atoms with Crippen molar-refractivity contribution in [2.75, 3.05) is 19.8 Å². The van der Waals surface area contributed by atoms with Gasteiger partial charge in [0.05, 0.1) is 13.2 Å². The Morgan fingerprint density at radius 1 is 1.41 bits per heavy atom. The highest BCUT2D eigenvalue weighted by molar-refractivity contribution is 5.96. The zero-order chi connectivity index (χ0) is 15.5. The lowest BCUT2D eigenvalue weighted by Gasteiger charge is -2.33. The van der Waals surface area contributed by atoms with E-state index < -0.39 is 12.0 Å². The molecule has 1 aliphatic carbocycles. The number of hydrogen-bond donors (Lipinski definition) is 1. The van der Waals surface area contributed by atoms with Crippen LogP contribution in [0.5, 0.6) is 5.88 Å². The van der Waals surface area contributed by atoms with Crippen LogP contribution in [0, 0.1) is 0 Å². The molecule has 118 valence electrons. The molecule has 3 rings (SSSR count). The molecule has 0 spiro atoms. The molecule has 1 unspecified atom stereocenters. The van der Waals surface area contributed by atoms with Crippen LogP contribution in [-0.2, 0) is 9.53 Å². The minimum Gasteiger partial charge on any atom is -0.480 e. The van der Waals surface area contributed by atoms with Crippen LogP contribution in [-0.4, -0.2) is 58.8 Å². The quantitative estimate of drug-likeness (QED) is 0.890. The molecule has 1 amide bonds. The number of nitrogens with zero attached hydrogens (tertiary/aromatic N) is 2. The Labute approximate surface area is 127 Å². The topological polar surface area (TPSA) is 89.0 Å². The number of amides is 1. The Morgan fingerprint density at radius 3 is 2.91 bits per heavy atom. The van der Waals surface area contributed by atoms with E-state index in [1.54, 1.807) is 12.1 Å². The number of hydrogen-bond acceptors (Lipinski definition) is 5. The summed E-state index contributed by atoms with van der Waals surface area (Å²) in [6.45, 7) is 0.612. The number of morpholine rings is 1. The molecule has 1 saturated carbocycles. The number of carboxylic acids is 1. The number of carbonyl (C=O) groups is 2. The molecular weight excluding hydrogens is 288 g/mol. The SMILES string of the molecule is O=C(O)C1COCCN1C(=O)c1ccnc(OC2CCC2)c1. The van der Waals surface area contributed by atoms with Crippen molar-refractivity contribution in [3.8, 4) is 5.88 Å². The molecule has 1 aromatic heterocycles. The molecule has 1 atom stereocenters. The highest BCUT2D eigenvalue weighted by Gasteiger charge is 2.33. The summed E-state index contributed by atoms with van der Waals surface area (Å²) >= 11 is 0. The predicted octanol–water partition coefficient (Wildman–Crippen LogP) is 0.938. The van der Waals surface area contributed by atoms with E-state index in [1.807, 2.05) is 0 Å². The number of aliphatic carboxylic acids is 1. The zero-order valence-electron chi connectivity index (χ0n) is 12.1. The van der Waals surface area contributed by atoms with E-state index in [9.17, 15) is 14.7 Å². The second-order valence-corrected chi connectivity index (χ2v) is 5.48. The molecule has 2 heterocycles. The molecule has 2 fully saturated rings. The summed E-state index contributed by atoms with van der Waals surface area (Å²) < 4.78 is 10.8. The van der Waals surface area contributed by atoms with E-state index in [4.69, 9.17) is 9.47 Å². The van der Waals surface area contributed by atoms with Crippen LogP contribution in [0.1, 0.15) is 29.6 Å². The fraction of sp³-hybridized carbons (Fsp3) is 0.533. The van der Waals surface area contributed by atoms with Gasteiger partial charge in [-0.3, -0.25) is 4.79 Å². The van der Waals surface area contributed by atoms with Gasteiger partial charge in [-0.2, -0.15) is 0 Å². The summed E-state index contributed by atoms with van der Waals surface area (Å²) in [5.41, 5.74) is 0.387. The fourth-order valence-corrected chi connectivity index (χ4v) is 2.48. The molecule has 7 nitrogen and oxygen atoms in total. The normalized spacial score (nSPS) is 22.0. The first-order valence-electron chi connectivity index (χ1n) is 7.39. The lowest BCUT2D eigenvalue weighted by Crippen LogP contribution is -2.52. The molecule has 1 saturated heterocycles. The number of carboxylic acid groups (broad SMARTS) is 1. The zero-order valence-corrected chi connectivity index (χ0v) is 12.1. The molecule has 1 N–H and O–H groups in total. The van der Waals surface area contributed by atoms with Crippen molar-refractivity contribution in [1.82, 2.24) is 9.88 Å².